The van der Waals surface area contributed by atoms with E-state index in [2.05, 4.69) is 20.5 Å². The number of nitrogens with zero attached hydrogens (tertiary/aromatic N) is 4. The van der Waals surface area contributed by atoms with Crippen LogP contribution < -0.4 is 20.4 Å². The molecule has 1 aromatic rings. The summed E-state index contributed by atoms with van der Waals surface area (Å²) in [4.78, 5) is 38.6. The third kappa shape index (κ3) is 2.86. The molecule has 0 atom stereocenters. The molecule has 0 unspecified atom stereocenters. The number of hydrogen-bond acceptors (Lipinski definition) is 6. The summed E-state index contributed by atoms with van der Waals surface area (Å²) in [6, 6.07) is 0.0569. The number of anilines is 2. The lowest BCUT2D eigenvalue weighted by atomic mass is 9.75. The van der Waals surface area contributed by atoms with Gasteiger partial charge >= 0.3 is 11.8 Å². The molecule has 4 aliphatic rings. The van der Waals surface area contributed by atoms with Gasteiger partial charge in [-0.1, -0.05) is 12.8 Å². The molecule has 4 heterocycles. The fourth-order valence-electron chi connectivity index (χ4n) is 4.80. The molecule has 2 amide bonds. The highest BCUT2D eigenvalue weighted by molar-refractivity contribution is 6.40. The number of hydrogen-bond donors (Lipinski definition) is 2. The first-order valence-corrected chi connectivity index (χ1v) is 10.1. The summed E-state index contributed by atoms with van der Waals surface area (Å²) in [6.45, 7) is 4.53. The molecule has 3 fully saturated rings. The fraction of sp³-hybridized carbons (Fsp3) is 0.684. The molecule has 8 heteroatoms. The van der Waals surface area contributed by atoms with Gasteiger partial charge in [-0.25, -0.2) is 4.98 Å². The smallest absolute Gasteiger partial charge is 0.317 e. The van der Waals surface area contributed by atoms with Crippen molar-refractivity contribution in [2.75, 3.05) is 42.5 Å². The summed E-state index contributed by atoms with van der Waals surface area (Å²) in [7, 11) is 0. The lowest BCUT2D eigenvalue weighted by Gasteiger charge is -2.56. The summed E-state index contributed by atoms with van der Waals surface area (Å²) >= 11 is 0. The lowest BCUT2D eigenvalue weighted by Crippen LogP contribution is -2.71. The molecule has 0 bridgehead atoms. The van der Waals surface area contributed by atoms with Gasteiger partial charge in [0.1, 0.15) is 5.82 Å². The van der Waals surface area contributed by atoms with Gasteiger partial charge in [-0.3, -0.25) is 14.5 Å². The van der Waals surface area contributed by atoms with Crippen LogP contribution in [0, 0.1) is 5.41 Å². The molecule has 0 aromatic carbocycles. The predicted octanol–water partition coefficient (Wildman–Crippen LogP) is 0.224. The Morgan fingerprint density at radius 3 is 2.59 bits per heavy atom. The van der Waals surface area contributed by atoms with Crippen molar-refractivity contribution in [2.24, 2.45) is 5.41 Å². The van der Waals surface area contributed by atoms with Crippen LogP contribution in [0.3, 0.4) is 0 Å². The minimum atomic E-state index is -0.515. The third-order valence-corrected chi connectivity index (χ3v) is 6.40. The molecular weight excluding hydrogens is 344 g/mol. The Balaban J connectivity index is 1.50. The Kier molecular flexibility index (Phi) is 4.03. The SMILES string of the molecule is O=C1NCCCc2cnc(N3CC4(CNC4)C3)nc2N(C2CCCC2)C1=O. The van der Waals surface area contributed by atoms with Gasteiger partial charge in [0, 0.05) is 55.9 Å². The maximum Gasteiger partial charge on any atom is 0.317 e. The monoisotopic (exact) mass is 370 g/mol. The molecule has 27 heavy (non-hydrogen) atoms. The summed E-state index contributed by atoms with van der Waals surface area (Å²) in [5.74, 6) is 0.347. The van der Waals surface area contributed by atoms with Crippen molar-refractivity contribution in [3.63, 3.8) is 0 Å². The number of fused-ring (bicyclic) bond motifs is 1. The molecule has 1 aliphatic carbocycles. The van der Waals surface area contributed by atoms with Crippen LogP contribution in [0.2, 0.25) is 0 Å². The highest BCUT2D eigenvalue weighted by Crippen LogP contribution is 2.37. The van der Waals surface area contributed by atoms with Gasteiger partial charge in [0.05, 0.1) is 0 Å². The predicted molar refractivity (Wildman–Crippen MR) is 101 cm³/mol. The summed E-state index contributed by atoms with van der Waals surface area (Å²) in [6.07, 6.45) is 7.45. The highest BCUT2D eigenvalue weighted by Gasteiger charge is 2.48. The van der Waals surface area contributed by atoms with Crippen molar-refractivity contribution in [3.8, 4) is 0 Å². The van der Waals surface area contributed by atoms with Gasteiger partial charge in [-0.2, -0.15) is 4.98 Å². The average Bonchev–Trinajstić information content (AvgIpc) is 3.12. The fourth-order valence-corrected chi connectivity index (χ4v) is 4.80. The first kappa shape index (κ1) is 16.9. The number of rotatable bonds is 2. The standard InChI is InChI=1S/C19H26N6O2/c26-16-17(27)25(14-5-1-2-6-14)15-13(4-3-7-21-16)8-22-18(23-15)24-11-19(12-24)9-20-10-19/h8,14,20H,1-7,9-12H2,(H,21,26). The van der Waals surface area contributed by atoms with Crippen molar-refractivity contribution in [1.82, 2.24) is 20.6 Å². The number of carbonyl (C=O) groups is 2. The van der Waals surface area contributed by atoms with Crippen LogP contribution in [0.15, 0.2) is 6.20 Å². The quantitative estimate of drug-likeness (QED) is 0.724. The zero-order valence-corrected chi connectivity index (χ0v) is 15.5. The normalized spacial score (nSPS) is 25.2. The summed E-state index contributed by atoms with van der Waals surface area (Å²) < 4.78 is 0. The zero-order valence-electron chi connectivity index (χ0n) is 15.5. The van der Waals surface area contributed by atoms with Crippen molar-refractivity contribution in [2.45, 2.75) is 44.6 Å². The van der Waals surface area contributed by atoms with E-state index in [4.69, 9.17) is 4.98 Å². The second-order valence-electron chi connectivity index (χ2n) is 8.45. The molecule has 2 N–H and O–H groups in total. The van der Waals surface area contributed by atoms with Gasteiger partial charge in [-0.15, -0.1) is 0 Å². The van der Waals surface area contributed by atoms with Crippen molar-refractivity contribution >= 4 is 23.6 Å². The first-order chi connectivity index (χ1) is 13.2. The number of nitrogens with one attached hydrogen (secondary N) is 2. The molecule has 8 nitrogen and oxygen atoms in total. The summed E-state index contributed by atoms with van der Waals surface area (Å²) in [5, 5.41) is 6.09. The molecular formula is C19H26N6O2. The molecule has 2 saturated heterocycles. The van der Waals surface area contributed by atoms with E-state index in [0.717, 1.165) is 70.3 Å². The van der Waals surface area contributed by atoms with Gasteiger partial charge in [0.25, 0.3) is 0 Å². The molecule has 1 saturated carbocycles. The van der Waals surface area contributed by atoms with E-state index in [-0.39, 0.29) is 6.04 Å². The highest BCUT2D eigenvalue weighted by atomic mass is 16.2. The Hall–Kier alpha value is -2.22. The lowest BCUT2D eigenvalue weighted by molar-refractivity contribution is -0.137. The van der Waals surface area contributed by atoms with Gasteiger partial charge in [-0.05, 0) is 25.7 Å². The van der Waals surface area contributed by atoms with E-state index >= 15 is 0 Å². The van der Waals surface area contributed by atoms with E-state index in [9.17, 15) is 9.59 Å². The van der Waals surface area contributed by atoms with Crippen LogP contribution in [-0.2, 0) is 16.0 Å². The second-order valence-corrected chi connectivity index (χ2v) is 8.45. The maximum absolute atomic E-state index is 13.0. The third-order valence-electron chi connectivity index (χ3n) is 6.40. The van der Waals surface area contributed by atoms with E-state index < -0.39 is 11.8 Å². The zero-order chi connectivity index (χ0) is 18.4. The Labute approximate surface area is 158 Å². The summed E-state index contributed by atoms with van der Waals surface area (Å²) in [5.41, 5.74) is 1.35. The van der Waals surface area contributed by atoms with Crippen LogP contribution in [-0.4, -0.2) is 60.5 Å². The Morgan fingerprint density at radius 1 is 1.11 bits per heavy atom. The molecule has 5 rings (SSSR count). The van der Waals surface area contributed by atoms with Crippen molar-refractivity contribution < 1.29 is 9.59 Å². The molecule has 1 spiro atoms. The molecule has 3 aliphatic heterocycles. The van der Waals surface area contributed by atoms with Gasteiger partial charge in [0.2, 0.25) is 5.95 Å². The van der Waals surface area contributed by atoms with Crippen LogP contribution in [0.4, 0.5) is 11.8 Å². The van der Waals surface area contributed by atoms with Gasteiger partial charge in [0.15, 0.2) is 0 Å². The van der Waals surface area contributed by atoms with Crippen molar-refractivity contribution in [1.29, 1.82) is 0 Å². The molecule has 1 aromatic heterocycles. The topological polar surface area (TPSA) is 90.5 Å². The average molecular weight is 370 g/mol. The number of carbonyl (C=O) groups excluding carboxylic acids is 2. The Bertz CT molecular complexity index is 763. The van der Waals surface area contributed by atoms with Gasteiger partial charge < -0.3 is 15.5 Å². The number of aryl methyl sites for hydroxylation is 1. The van der Waals surface area contributed by atoms with E-state index in [1.54, 1.807) is 4.90 Å². The van der Waals surface area contributed by atoms with Crippen LogP contribution in [0.1, 0.15) is 37.7 Å². The van der Waals surface area contributed by atoms with E-state index in [1.807, 2.05) is 6.20 Å². The minimum absolute atomic E-state index is 0.0569. The first-order valence-electron chi connectivity index (χ1n) is 10.1. The maximum atomic E-state index is 13.0. The number of amides is 2. The van der Waals surface area contributed by atoms with Crippen LogP contribution in [0.25, 0.3) is 0 Å². The van der Waals surface area contributed by atoms with E-state index in [0.29, 0.717) is 23.7 Å². The number of aromatic nitrogens is 2. The minimum Gasteiger partial charge on any atom is -0.348 e. The van der Waals surface area contributed by atoms with Crippen molar-refractivity contribution in [3.05, 3.63) is 11.8 Å². The van der Waals surface area contributed by atoms with Crippen LogP contribution in [0.5, 0.6) is 0 Å². The second kappa shape index (κ2) is 6.44. The Morgan fingerprint density at radius 2 is 1.89 bits per heavy atom. The largest absolute Gasteiger partial charge is 0.348 e. The molecule has 144 valence electrons. The van der Waals surface area contributed by atoms with E-state index in [1.165, 1.54) is 0 Å². The van der Waals surface area contributed by atoms with Crippen LogP contribution >= 0.6 is 0 Å². The molecule has 0 radical (unpaired) electrons.